The normalized spacial score (nSPS) is 25.9. The number of benzene rings is 1. The quantitative estimate of drug-likeness (QED) is 0.896. The Bertz CT molecular complexity index is 580. The number of carboxylic acids is 1. The predicted molar refractivity (Wildman–Crippen MR) is 70.0 cm³/mol. The molecule has 0 bridgehead atoms. The summed E-state index contributed by atoms with van der Waals surface area (Å²) in [7, 11) is 0. The molecule has 2 N–H and O–H groups in total. The number of nitrogens with one attached hydrogen (secondary N) is 1. The molecule has 0 heterocycles. The molecule has 4 nitrogen and oxygen atoms in total. The van der Waals surface area contributed by atoms with Crippen LogP contribution < -0.4 is 5.32 Å². The van der Waals surface area contributed by atoms with Gasteiger partial charge in [-0.15, -0.1) is 0 Å². The topological polar surface area (TPSA) is 66.4 Å². The number of aliphatic carboxylic acids is 1. The maximum atomic E-state index is 13.7. The van der Waals surface area contributed by atoms with Crippen LogP contribution in [-0.4, -0.2) is 22.5 Å². The van der Waals surface area contributed by atoms with Crippen molar-refractivity contribution in [1.82, 2.24) is 5.32 Å². The summed E-state index contributed by atoms with van der Waals surface area (Å²) in [5.74, 6) is -2.40. The van der Waals surface area contributed by atoms with Crippen molar-refractivity contribution in [3.8, 4) is 0 Å². The van der Waals surface area contributed by atoms with Crippen LogP contribution in [0.3, 0.4) is 0 Å². The SMILES string of the molecule is O=C(NC1(C(=O)O)CC1)C1CC1c1c(F)cccc1Cl. The predicted octanol–water partition coefficient (Wildman–Crippen LogP) is 2.32. The van der Waals surface area contributed by atoms with E-state index in [1.54, 1.807) is 6.07 Å². The highest BCUT2D eigenvalue weighted by molar-refractivity contribution is 6.31. The Morgan fingerprint density at radius 2 is 2.10 bits per heavy atom. The fraction of sp³-hybridized carbons (Fsp3) is 0.429. The first-order valence-electron chi connectivity index (χ1n) is 6.44. The van der Waals surface area contributed by atoms with Gasteiger partial charge in [0.25, 0.3) is 0 Å². The van der Waals surface area contributed by atoms with E-state index in [-0.39, 0.29) is 17.7 Å². The molecule has 2 unspecified atom stereocenters. The molecule has 2 atom stereocenters. The summed E-state index contributed by atoms with van der Waals surface area (Å²) in [4.78, 5) is 23.1. The Kier molecular flexibility index (Phi) is 2.97. The van der Waals surface area contributed by atoms with Crippen LogP contribution in [0.2, 0.25) is 5.02 Å². The minimum atomic E-state index is -1.09. The molecule has 20 heavy (non-hydrogen) atoms. The van der Waals surface area contributed by atoms with Crippen LogP contribution in [-0.2, 0) is 9.59 Å². The zero-order valence-corrected chi connectivity index (χ0v) is 11.3. The van der Waals surface area contributed by atoms with Gasteiger partial charge in [-0.1, -0.05) is 17.7 Å². The number of carbonyl (C=O) groups excluding carboxylic acids is 1. The Labute approximate surface area is 119 Å². The van der Waals surface area contributed by atoms with Crippen LogP contribution in [0.25, 0.3) is 0 Å². The number of amides is 1. The van der Waals surface area contributed by atoms with Gasteiger partial charge >= 0.3 is 5.97 Å². The number of hydrogen-bond acceptors (Lipinski definition) is 2. The van der Waals surface area contributed by atoms with Crippen molar-refractivity contribution < 1.29 is 19.1 Å². The van der Waals surface area contributed by atoms with Crippen LogP contribution >= 0.6 is 11.6 Å². The second-order valence-corrected chi connectivity index (χ2v) is 5.87. The second-order valence-electron chi connectivity index (χ2n) is 5.46. The molecule has 106 valence electrons. The van der Waals surface area contributed by atoms with Crippen molar-refractivity contribution in [3.63, 3.8) is 0 Å². The van der Waals surface area contributed by atoms with Crippen molar-refractivity contribution in [1.29, 1.82) is 0 Å². The molecule has 1 aromatic carbocycles. The van der Waals surface area contributed by atoms with Crippen LogP contribution in [0, 0.1) is 11.7 Å². The zero-order chi connectivity index (χ0) is 14.5. The number of carboxylic acid groups (broad SMARTS) is 1. The van der Waals surface area contributed by atoms with Gasteiger partial charge in [0.05, 0.1) is 0 Å². The number of hydrogen-bond donors (Lipinski definition) is 2. The molecule has 0 radical (unpaired) electrons. The van der Waals surface area contributed by atoms with Crippen LogP contribution in [0.4, 0.5) is 4.39 Å². The molecule has 0 aliphatic heterocycles. The molecule has 0 spiro atoms. The van der Waals surface area contributed by atoms with Crippen molar-refractivity contribution in [2.75, 3.05) is 0 Å². The van der Waals surface area contributed by atoms with Crippen LogP contribution in [0.15, 0.2) is 18.2 Å². The molecule has 1 aromatic rings. The molecule has 2 saturated carbocycles. The fourth-order valence-electron chi connectivity index (χ4n) is 2.51. The Morgan fingerprint density at radius 1 is 1.40 bits per heavy atom. The Balaban J connectivity index is 1.70. The molecular formula is C14H13ClFNO3. The minimum Gasteiger partial charge on any atom is -0.480 e. The summed E-state index contributed by atoms with van der Waals surface area (Å²) in [5.41, 5.74) is -0.738. The minimum absolute atomic E-state index is 0.256. The third kappa shape index (κ3) is 2.16. The van der Waals surface area contributed by atoms with E-state index >= 15 is 0 Å². The van der Waals surface area contributed by atoms with Gasteiger partial charge < -0.3 is 10.4 Å². The van der Waals surface area contributed by atoms with Gasteiger partial charge in [0, 0.05) is 22.4 Å². The summed E-state index contributed by atoms with van der Waals surface area (Å²) in [5, 5.41) is 11.9. The van der Waals surface area contributed by atoms with Crippen LogP contribution in [0.1, 0.15) is 30.7 Å². The van der Waals surface area contributed by atoms with Gasteiger partial charge in [0.1, 0.15) is 11.4 Å². The van der Waals surface area contributed by atoms with Gasteiger partial charge in [0.15, 0.2) is 0 Å². The summed E-state index contributed by atoms with van der Waals surface area (Å²) >= 11 is 5.96. The average molecular weight is 298 g/mol. The number of halogens is 2. The summed E-state index contributed by atoms with van der Waals surface area (Å²) in [6.45, 7) is 0. The van der Waals surface area contributed by atoms with Crippen molar-refractivity contribution >= 4 is 23.5 Å². The summed E-state index contributed by atoms with van der Waals surface area (Å²) < 4.78 is 13.7. The molecule has 2 aliphatic rings. The van der Waals surface area contributed by atoms with E-state index in [1.807, 2.05) is 0 Å². The lowest BCUT2D eigenvalue weighted by Gasteiger charge is -2.12. The van der Waals surface area contributed by atoms with Gasteiger partial charge in [0.2, 0.25) is 5.91 Å². The lowest BCUT2D eigenvalue weighted by molar-refractivity contribution is -0.143. The van der Waals surface area contributed by atoms with E-state index in [1.165, 1.54) is 12.1 Å². The van der Waals surface area contributed by atoms with E-state index in [9.17, 15) is 14.0 Å². The average Bonchev–Trinajstić information content (AvgIpc) is 3.22. The summed E-state index contributed by atoms with van der Waals surface area (Å²) in [6.07, 6.45) is 1.40. The summed E-state index contributed by atoms with van der Waals surface area (Å²) in [6, 6.07) is 4.42. The first-order valence-corrected chi connectivity index (χ1v) is 6.82. The smallest absolute Gasteiger partial charge is 0.329 e. The van der Waals surface area contributed by atoms with Crippen molar-refractivity contribution in [3.05, 3.63) is 34.6 Å². The van der Waals surface area contributed by atoms with Gasteiger partial charge in [-0.05, 0) is 31.4 Å². The molecular weight excluding hydrogens is 285 g/mol. The molecule has 0 aromatic heterocycles. The van der Waals surface area contributed by atoms with E-state index < -0.39 is 17.3 Å². The largest absolute Gasteiger partial charge is 0.480 e. The zero-order valence-electron chi connectivity index (χ0n) is 10.5. The second kappa shape index (κ2) is 4.45. The third-order valence-corrected chi connectivity index (χ3v) is 4.35. The molecule has 2 fully saturated rings. The van der Waals surface area contributed by atoms with E-state index in [0.717, 1.165) is 0 Å². The van der Waals surface area contributed by atoms with E-state index in [2.05, 4.69) is 5.32 Å². The van der Waals surface area contributed by atoms with Crippen molar-refractivity contribution in [2.24, 2.45) is 5.92 Å². The van der Waals surface area contributed by atoms with Crippen molar-refractivity contribution in [2.45, 2.75) is 30.7 Å². The molecule has 3 rings (SSSR count). The highest BCUT2D eigenvalue weighted by Gasteiger charge is 2.55. The molecule has 2 aliphatic carbocycles. The van der Waals surface area contributed by atoms with E-state index in [0.29, 0.717) is 29.8 Å². The first kappa shape index (κ1) is 13.4. The highest BCUT2D eigenvalue weighted by Crippen LogP contribution is 2.51. The molecule has 6 heteroatoms. The van der Waals surface area contributed by atoms with Gasteiger partial charge in [-0.2, -0.15) is 0 Å². The molecule has 0 saturated heterocycles. The van der Waals surface area contributed by atoms with Crippen LogP contribution in [0.5, 0.6) is 0 Å². The Morgan fingerprint density at radius 3 is 2.65 bits per heavy atom. The lowest BCUT2D eigenvalue weighted by atomic mass is 10.1. The maximum absolute atomic E-state index is 13.7. The number of rotatable bonds is 4. The first-order chi connectivity index (χ1) is 9.44. The monoisotopic (exact) mass is 297 g/mol. The van der Waals surface area contributed by atoms with Gasteiger partial charge in [-0.25, -0.2) is 9.18 Å². The third-order valence-electron chi connectivity index (χ3n) is 4.02. The van der Waals surface area contributed by atoms with E-state index in [4.69, 9.17) is 16.7 Å². The lowest BCUT2D eigenvalue weighted by Crippen LogP contribution is -2.43. The highest BCUT2D eigenvalue weighted by atomic mass is 35.5. The standard InChI is InChI=1S/C14H13ClFNO3/c15-9-2-1-3-10(16)11(9)7-6-8(7)12(18)17-14(4-5-14)13(19)20/h1-3,7-8H,4-6H2,(H,17,18)(H,19,20). The fourth-order valence-corrected chi connectivity index (χ4v) is 2.82. The van der Waals surface area contributed by atoms with Gasteiger partial charge in [-0.3, -0.25) is 4.79 Å². The number of carbonyl (C=O) groups is 2. The maximum Gasteiger partial charge on any atom is 0.329 e. The Hall–Kier alpha value is -1.62. The molecule has 1 amide bonds.